The van der Waals surface area contributed by atoms with Gasteiger partial charge in [-0.2, -0.15) is 0 Å². The first kappa shape index (κ1) is 10.7. The van der Waals surface area contributed by atoms with Crippen LogP contribution < -0.4 is 0 Å². The number of cyclic esters (lactones) is 1. The second-order valence-electron chi connectivity index (χ2n) is 3.01. The van der Waals surface area contributed by atoms with Crippen molar-refractivity contribution in [2.45, 2.75) is 26.4 Å². The van der Waals surface area contributed by atoms with Gasteiger partial charge >= 0.3 is 5.97 Å². The second kappa shape index (κ2) is 4.19. The Hall–Kier alpha value is -1.42. The minimum Gasteiger partial charge on any atom is -0.428 e. The van der Waals surface area contributed by atoms with E-state index in [1.807, 2.05) is 0 Å². The minimum atomic E-state index is -0.938. The molecule has 1 rings (SSSR count). The van der Waals surface area contributed by atoms with Gasteiger partial charge in [-0.25, -0.2) is 4.79 Å². The number of Topliss-reactive ketones (excluding diaryl/α,β-unsaturated/α-hetero) is 1. The molecule has 4 nitrogen and oxygen atoms in total. The molecule has 0 bridgehead atoms. The van der Waals surface area contributed by atoms with Crippen LogP contribution in [-0.2, 0) is 14.3 Å². The molecule has 14 heavy (non-hydrogen) atoms. The first-order chi connectivity index (χ1) is 6.54. The van der Waals surface area contributed by atoms with Crippen LogP contribution >= 0.6 is 0 Å². The van der Waals surface area contributed by atoms with E-state index >= 15 is 0 Å². The fourth-order valence-corrected chi connectivity index (χ4v) is 1.16. The standard InChI is InChI=1S/C10H12O4/c1-3-9(12)8-5-7(11)4-6(2)14-10(8)13/h4-5,7,11H,3H2,1-2H3. The Morgan fingerprint density at radius 2 is 2.21 bits per heavy atom. The molecule has 0 aromatic heterocycles. The van der Waals surface area contributed by atoms with E-state index in [9.17, 15) is 14.7 Å². The fraction of sp³-hybridized carbons (Fsp3) is 0.400. The van der Waals surface area contributed by atoms with Crippen molar-refractivity contribution in [1.82, 2.24) is 0 Å². The van der Waals surface area contributed by atoms with Crippen LogP contribution in [0.4, 0.5) is 0 Å². The van der Waals surface area contributed by atoms with E-state index in [1.165, 1.54) is 12.2 Å². The predicted molar refractivity (Wildman–Crippen MR) is 49.2 cm³/mol. The highest BCUT2D eigenvalue weighted by molar-refractivity contribution is 6.17. The van der Waals surface area contributed by atoms with Crippen molar-refractivity contribution < 1.29 is 19.4 Å². The minimum absolute atomic E-state index is 0.0758. The Morgan fingerprint density at radius 1 is 1.57 bits per heavy atom. The molecular formula is C10H12O4. The van der Waals surface area contributed by atoms with Crippen LogP contribution in [0.15, 0.2) is 23.5 Å². The molecule has 0 saturated carbocycles. The second-order valence-corrected chi connectivity index (χ2v) is 3.01. The number of esters is 1. The van der Waals surface area contributed by atoms with Crippen LogP contribution in [0.5, 0.6) is 0 Å². The molecule has 1 unspecified atom stereocenters. The molecule has 0 aliphatic carbocycles. The van der Waals surface area contributed by atoms with Gasteiger partial charge in [0.05, 0.1) is 6.10 Å². The quantitative estimate of drug-likeness (QED) is 0.522. The van der Waals surface area contributed by atoms with E-state index in [0.717, 1.165) is 0 Å². The molecule has 1 aliphatic heterocycles. The van der Waals surface area contributed by atoms with E-state index < -0.39 is 12.1 Å². The summed E-state index contributed by atoms with van der Waals surface area (Å²) in [6.45, 7) is 3.20. The molecule has 0 amide bonds. The van der Waals surface area contributed by atoms with Gasteiger partial charge in [-0.05, 0) is 19.1 Å². The summed E-state index contributed by atoms with van der Waals surface area (Å²) >= 11 is 0. The van der Waals surface area contributed by atoms with Crippen molar-refractivity contribution in [3.05, 3.63) is 23.5 Å². The molecule has 1 N–H and O–H groups in total. The monoisotopic (exact) mass is 196 g/mol. The maximum atomic E-state index is 11.3. The molecule has 0 aromatic carbocycles. The number of ketones is 1. The van der Waals surface area contributed by atoms with E-state index in [-0.39, 0.29) is 17.8 Å². The number of carbonyl (C=O) groups is 2. The third kappa shape index (κ3) is 2.29. The number of aliphatic hydroxyl groups excluding tert-OH is 1. The van der Waals surface area contributed by atoms with Crippen molar-refractivity contribution in [1.29, 1.82) is 0 Å². The van der Waals surface area contributed by atoms with Crippen molar-refractivity contribution >= 4 is 11.8 Å². The molecule has 0 aromatic rings. The summed E-state index contributed by atoms with van der Waals surface area (Å²) in [5, 5.41) is 9.35. The summed E-state index contributed by atoms with van der Waals surface area (Å²) in [7, 11) is 0. The molecule has 76 valence electrons. The third-order valence-corrected chi connectivity index (χ3v) is 1.84. The zero-order chi connectivity index (χ0) is 10.7. The smallest absolute Gasteiger partial charge is 0.346 e. The maximum absolute atomic E-state index is 11.3. The Bertz CT molecular complexity index is 325. The van der Waals surface area contributed by atoms with Gasteiger partial charge < -0.3 is 9.84 Å². The van der Waals surface area contributed by atoms with E-state index in [0.29, 0.717) is 5.76 Å². The number of hydrogen-bond donors (Lipinski definition) is 1. The maximum Gasteiger partial charge on any atom is 0.346 e. The molecular weight excluding hydrogens is 184 g/mol. The van der Waals surface area contributed by atoms with Gasteiger partial charge in [0.2, 0.25) is 0 Å². The lowest BCUT2D eigenvalue weighted by atomic mass is 10.1. The average molecular weight is 196 g/mol. The first-order valence-electron chi connectivity index (χ1n) is 4.38. The number of hydrogen-bond acceptors (Lipinski definition) is 4. The summed E-state index contributed by atoms with van der Waals surface area (Å²) in [5.74, 6) is -0.711. The molecule has 1 heterocycles. The average Bonchev–Trinajstić information content (AvgIpc) is 2.23. The van der Waals surface area contributed by atoms with Crippen LogP contribution in [0.3, 0.4) is 0 Å². The highest BCUT2D eigenvalue weighted by Crippen LogP contribution is 2.13. The van der Waals surface area contributed by atoms with Crippen LogP contribution in [0.25, 0.3) is 0 Å². The first-order valence-corrected chi connectivity index (χ1v) is 4.38. The topological polar surface area (TPSA) is 63.6 Å². The van der Waals surface area contributed by atoms with Gasteiger partial charge in [0.25, 0.3) is 0 Å². The Kier molecular flexibility index (Phi) is 3.19. The normalized spacial score (nSPS) is 21.9. The molecule has 1 atom stereocenters. The van der Waals surface area contributed by atoms with E-state index in [4.69, 9.17) is 4.74 Å². The summed E-state index contributed by atoms with van der Waals surface area (Å²) in [6.07, 6.45) is 1.86. The largest absolute Gasteiger partial charge is 0.428 e. The zero-order valence-electron chi connectivity index (χ0n) is 8.11. The van der Waals surface area contributed by atoms with Gasteiger partial charge in [-0.1, -0.05) is 6.92 Å². The third-order valence-electron chi connectivity index (χ3n) is 1.84. The number of ether oxygens (including phenoxy) is 1. The number of rotatable bonds is 2. The van der Waals surface area contributed by atoms with Crippen LogP contribution in [0, 0.1) is 0 Å². The number of carbonyl (C=O) groups excluding carboxylic acids is 2. The summed E-state index contributed by atoms with van der Waals surface area (Å²) in [5.41, 5.74) is -0.0758. The lowest BCUT2D eigenvalue weighted by Gasteiger charge is -2.02. The van der Waals surface area contributed by atoms with Crippen molar-refractivity contribution in [3.8, 4) is 0 Å². The van der Waals surface area contributed by atoms with Gasteiger partial charge in [-0.15, -0.1) is 0 Å². The highest BCUT2D eigenvalue weighted by atomic mass is 16.5. The summed E-state index contributed by atoms with van der Waals surface area (Å²) in [6, 6.07) is 0. The van der Waals surface area contributed by atoms with Crippen LogP contribution in [0.1, 0.15) is 20.3 Å². The zero-order valence-corrected chi connectivity index (χ0v) is 8.11. The predicted octanol–water partition coefficient (Wildman–Crippen LogP) is 0.713. The van der Waals surface area contributed by atoms with Gasteiger partial charge in [0, 0.05) is 6.42 Å². The lowest BCUT2D eigenvalue weighted by Crippen LogP contribution is -2.14. The van der Waals surface area contributed by atoms with E-state index in [1.54, 1.807) is 13.8 Å². The number of aliphatic hydroxyl groups is 1. The lowest BCUT2D eigenvalue weighted by molar-refractivity contribution is -0.136. The highest BCUT2D eigenvalue weighted by Gasteiger charge is 2.22. The molecule has 1 aliphatic rings. The van der Waals surface area contributed by atoms with Crippen molar-refractivity contribution in [3.63, 3.8) is 0 Å². The SMILES string of the molecule is CCC(=O)C1=CC(O)C=C(C)OC1=O. The molecule has 0 spiro atoms. The van der Waals surface area contributed by atoms with Crippen molar-refractivity contribution in [2.24, 2.45) is 0 Å². The Balaban J connectivity index is 2.98. The van der Waals surface area contributed by atoms with Crippen LogP contribution in [0.2, 0.25) is 0 Å². The Labute approximate surface area is 81.9 Å². The van der Waals surface area contributed by atoms with Gasteiger partial charge in [0.15, 0.2) is 5.78 Å². The Morgan fingerprint density at radius 3 is 2.79 bits per heavy atom. The van der Waals surface area contributed by atoms with Crippen molar-refractivity contribution in [2.75, 3.05) is 0 Å². The molecule has 0 fully saturated rings. The summed E-state index contributed by atoms with van der Waals surface area (Å²) < 4.78 is 4.79. The van der Waals surface area contributed by atoms with Crippen LogP contribution in [-0.4, -0.2) is 23.0 Å². The molecule has 4 heteroatoms. The van der Waals surface area contributed by atoms with Gasteiger partial charge in [-0.3, -0.25) is 4.79 Å². The van der Waals surface area contributed by atoms with E-state index in [2.05, 4.69) is 0 Å². The molecule has 0 radical (unpaired) electrons. The number of allylic oxidation sites excluding steroid dienone is 1. The fourth-order valence-electron chi connectivity index (χ4n) is 1.16. The molecule has 0 saturated heterocycles. The summed E-state index contributed by atoms with van der Waals surface area (Å²) in [4.78, 5) is 22.6. The van der Waals surface area contributed by atoms with Gasteiger partial charge in [0.1, 0.15) is 11.3 Å².